The van der Waals surface area contributed by atoms with Gasteiger partial charge >= 0.3 is 0 Å². The van der Waals surface area contributed by atoms with Crippen LogP contribution in [0.1, 0.15) is 30.1 Å². The quantitative estimate of drug-likeness (QED) is 0.881. The van der Waals surface area contributed by atoms with E-state index in [-0.39, 0.29) is 29.9 Å². The number of fused-ring (bicyclic) bond motifs is 1. The molecule has 25 heavy (non-hydrogen) atoms. The molecule has 0 aliphatic carbocycles. The number of nitrogens with zero attached hydrogens (tertiary/aromatic N) is 2. The van der Waals surface area contributed by atoms with Crippen LogP contribution >= 0.6 is 0 Å². The molecule has 0 bridgehead atoms. The number of H-pyrrole nitrogens is 1. The van der Waals surface area contributed by atoms with Gasteiger partial charge in [0.25, 0.3) is 5.91 Å². The number of rotatable bonds is 3. The predicted octanol–water partition coefficient (Wildman–Crippen LogP) is 1.32. The van der Waals surface area contributed by atoms with Gasteiger partial charge in [-0.3, -0.25) is 14.7 Å². The first kappa shape index (κ1) is 16.1. The van der Waals surface area contributed by atoms with Gasteiger partial charge in [-0.25, -0.2) is 0 Å². The molecule has 2 saturated heterocycles. The molecular weight excluding hydrogens is 320 g/mol. The molecule has 3 heterocycles. The van der Waals surface area contributed by atoms with Crippen LogP contribution in [0, 0.1) is 5.92 Å². The summed E-state index contributed by atoms with van der Waals surface area (Å²) in [7, 11) is 0. The summed E-state index contributed by atoms with van der Waals surface area (Å²) < 4.78 is 5.52. The maximum Gasteiger partial charge on any atom is 0.254 e. The molecular formula is C18H22N4O3. The molecule has 0 unspecified atom stereocenters. The van der Waals surface area contributed by atoms with E-state index in [1.165, 1.54) is 0 Å². The summed E-state index contributed by atoms with van der Waals surface area (Å²) in [6.45, 7) is 3.84. The van der Waals surface area contributed by atoms with Crippen LogP contribution < -0.4 is 5.32 Å². The van der Waals surface area contributed by atoms with Gasteiger partial charge in [-0.05, 0) is 30.9 Å². The van der Waals surface area contributed by atoms with Crippen molar-refractivity contribution < 1.29 is 14.3 Å². The van der Waals surface area contributed by atoms with Crippen molar-refractivity contribution >= 4 is 22.7 Å². The zero-order valence-electron chi connectivity index (χ0n) is 14.2. The maximum absolute atomic E-state index is 12.8. The molecule has 3 atom stereocenters. The second kappa shape index (κ2) is 6.48. The number of amides is 2. The highest BCUT2D eigenvalue weighted by atomic mass is 16.5. The van der Waals surface area contributed by atoms with E-state index in [0.717, 1.165) is 23.7 Å². The fourth-order valence-electron chi connectivity index (χ4n) is 3.70. The first-order chi connectivity index (χ1) is 12.1. The van der Waals surface area contributed by atoms with Gasteiger partial charge in [-0.15, -0.1) is 0 Å². The molecule has 4 rings (SSSR count). The normalized spacial score (nSPS) is 26.3. The van der Waals surface area contributed by atoms with Crippen molar-refractivity contribution in [3.8, 4) is 0 Å². The van der Waals surface area contributed by atoms with E-state index in [2.05, 4.69) is 15.5 Å². The van der Waals surface area contributed by atoms with Gasteiger partial charge < -0.3 is 15.0 Å². The molecule has 2 aliphatic rings. The number of nitrogens with one attached hydrogen (secondary N) is 2. The van der Waals surface area contributed by atoms with E-state index in [4.69, 9.17) is 4.74 Å². The Morgan fingerprint density at radius 2 is 2.24 bits per heavy atom. The molecule has 2 aromatic rings. The van der Waals surface area contributed by atoms with E-state index >= 15 is 0 Å². The molecule has 7 heteroatoms. The van der Waals surface area contributed by atoms with Crippen LogP contribution in [0.5, 0.6) is 0 Å². The number of aromatic amines is 1. The average molecular weight is 342 g/mol. The topological polar surface area (TPSA) is 87.3 Å². The lowest BCUT2D eigenvalue weighted by Gasteiger charge is -2.20. The number of likely N-dealkylation sites (tertiary alicyclic amines) is 1. The van der Waals surface area contributed by atoms with Gasteiger partial charge in [0.2, 0.25) is 5.91 Å². The lowest BCUT2D eigenvalue weighted by atomic mass is 10.0. The highest BCUT2D eigenvalue weighted by Crippen LogP contribution is 2.22. The largest absolute Gasteiger partial charge is 0.368 e. The van der Waals surface area contributed by atoms with Crippen LogP contribution in [-0.2, 0) is 9.53 Å². The molecule has 7 nitrogen and oxygen atoms in total. The number of hydrogen-bond acceptors (Lipinski definition) is 4. The Hall–Kier alpha value is -2.41. The van der Waals surface area contributed by atoms with Crippen LogP contribution in [0.3, 0.4) is 0 Å². The molecule has 2 amide bonds. The third-order valence-electron chi connectivity index (χ3n) is 5.18. The van der Waals surface area contributed by atoms with E-state index < -0.39 is 0 Å². The summed E-state index contributed by atoms with van der Waals surface area (Å²) >= 11 is 0. The number of carbonyl (C=O) groups is 2. The van der Waals surface area contributed by atoms with Crippen LogP contribution in [0.15, 0.2) is 24.4 Å². The van der Waals surface area contributed by atoms with Gasteiger partial charge in [0.1, 0.15) is 6.10 Å². The summed E-state index contributed by atoms with van der Waals surface area (Å²) in [6, 6.07) is 5.55. The first-order valence-electron chi connectivity index (χ1n) is 8.77. The molecule has 2 N–H and O–H groups in total. The summed E-state index contributed by atoms with van der Waals surface area (Å²) in [4.78, 5) is 27.0. The predicted molar refractivity (Wildman–Crippen MR) is 92.1 cm³/mol. The Labute approximate surface area is 145 Å². The van der Waals surface area contributed by atoms with Crippen LogP contribution in [0.2, 0.25) is 0 Å². The maximum atomic E-state index is 12.8. The Morgan fingerprint density at radius 1 is 1.36 bits per heavy atom. The minimum Gasteiger partial charge on any atom is -0.368 e. The SMILES string of the molecule is C[C@@H]1CCO[C@@H]1C(=O)N[C@@H]1CCN(C(=O)c2cccc3[nH]ncc23)C1. The molecule has 1 aromatic heterocycles. The van der Waals surface area contributed by atoms with Gasteiger partial charge in [-0.1, -0.05) is 13.0 Å². The molecule has 2 aliphatic heterocycles. The Morgan fingerprint density at radius 3 is 3.04 bits per heavy atom. The van der Waals surface area contributed by atoms with Crippen LogP contribution in [0.25, 0.3) is 10.9 Å². The number of hydrogen-bond donors (Lipinski definition) is 2. The van der Waals surface area contributed by atoms with Crippen molar-refractivity contribution in [2.75, 3.05) is 19.7 Å². The standard InChI is InChI=1S/C18H22N4O3/c1-11-6-8-25-16(11)17(23)20-12-5-7-22(10-12)18(24)13-3-2-4-15-14(13)9-19-21-15/h2-4,9,11-12,16H,5-8,10H2,1H3,(H,19,21)(H,20,23)/t11-,12-,16+/m1/s1. The van der Waals surface area contributed by atoms with Gasteiger partial charge in [0.05, 0.1) is 17.3 Å². The van der Waals surface area contributed by atoms with E-state index in [9.17, 15) is 9.59 Å². The second-order valence-electron chi connectivity index (χ2n) is 6.94. The lowest BCUT2D eigenvalue weighted by Crippen LogP contribution is -2.44. The minimum atomic E-state index is -0.357. The van der Waals surface area contributed by atoms with E-state index in [0.29, 0.717) is 25.3 Å². The molecule has 132 valence electrons. The van der Waals surface area contributed by atoms with Crippen molar-refractivity contribution in [1.82, 2.24) is 20.4 Å². The van der Waals surface area contributed by atoms with Crippen molar-refractivity contribution in [2.24, 2.45) is 5.92 Å². The summed E-state index contributed by atoms with van der Waals surface area (Å²) in [5, 5.41) is 10.8. The van der Waals surface area contributed by atoms with Crippen LogP contribution in [0.4, 0.5) is 0 Å². The highest BCUT2D eigenvalue weighted by molar-refractivity contribution is 6.06. The average Bonchev–Trinajstić information content (AvgIpc) is 3.33. The number of ether oxygens (including phenoxy) is 1. The van der Waals surface area contributed by atoms with Gasteiger partial charge in [0, 0.05) is 31.1 Å². The summed E-state index contributed by atoms with van der Waals surface area (Å²) in [5.41, 5.74) is 1.49. The first-order valence-corrected chi connectivity index (χ1v) is 8.77. The zero-order valence-corrected chi connectivity index (χ0v) is 14.2. The molecule has 0 saturated carbocycles. The van der Waals surface area contributed by atoms with Gasteiger partial charge in [-0.2, -0.15) is 5.10 Å². The van der Waals surface area contributed by atoms with E-state index in [1.807, 2.05) is 25.1 Å². The fraction of sp³-hybridized carbons (Fsp3) is 0.500. The fourth-order valence-corrected chi connectivity index (χ4v) is 3.70. The molecule has 0 spiro atoms. The zero-order chi connectivity index (χ0) is 17.4. The van der Waals surface area contributed by atoms with Crippen molar-refractivity contribution in [2.45, 2.75) is 31.9 Å². The van der Waals surface area contributed by atoms with Crippen molar-refractivity contribution in [1.29, 1.82) is 0 Å². The van der Waals surface area contributed by atoms with Gasteiger partial charge in [0.15, 0.2) is 0 Å². The molecule has 0 radical (unpaired) electrons. The number of benzene rings is 1. The third-order valence-corrected chi connectivity index (χ3v) is 5.18. The lowest BCUT2D eigenvalue weighted by molar-refractivity contribution is -0.132. The molecule has 2 fully saturated rings. The Bertz CT molecular complexity index is 802. The van der Waals surface area contributed by atoms with Crippen LogP contribution in [-0.4, -0.2) is 58.8 Å². The summed E-state index contributed by atoms with van der Waals surface area (Å²) in [6.07, 6.45) is 3.00. The smallest absolute Gasteiger partial charge is 0.254 e. The minimum absolute atomic E-state index is 0.0172. The molecule has 1 aromatic carbocycles. The summed E-state index contributed by atoms with van der Waals surface area (Å²) in [5.74, 6) is 0.174. The van der Waals surface area contributed by atoms with Crippen molar-refractivity contribution in [3.05, 3.63) is 30.0 Å². The highest BCUT2D eigenvalue weighted by Gasteiger charge is 2.34. The Kier molecular flexibility index (Phi) is 4.17. The van der Waals surface area contributed by atoms with E-state index in [1.54, 1.807) is 11.1 Å². The monoisotopic (exact) mass is 342 g/mol. The number of aromatic nitrogens is 2. The number of carbonyl (C=O) groups excluding carboxylic acids is 2. The van der Waals surface area contributed by atoms with Crippen molar-refractivity contribution in [3.63, 3.8) is 0 Å². The third kappa shape index (κ3) is 3.00. The second-order valence-corrected chi connectivity index (χ2v) is 6.94. The Balaban J connectivity index is 1.41.